The van der Waals surface area contributed by atoms with E-state index in [4.69, 9.17) is 15.2 Å². The molecule has 1 heterocycles. The van der Waals surface area contributed by atoms with Gasteiger partial charge in [0.05, 0.1) is 0 Å². The van der Waals surface area contributed by atoms with Gasteiger partial charge in [0.2, 0.25) is 0 Å². The van der Waals surface area contributed by atoms with Gasteiger partial charge in [-0.25, -0.2) is 0 Å². The minimum absolute atomic E-state index is 0.396. The third-order valence-corrected chi connectivity index (χ3v) is 3.82. The highest BCUT2D eigenvalue weighted by atomic mass is 16.7. The summed E-state index contributed by atoms with van der Waals surface area (Å²) in [5.41, 5.74) is 8.86. The maximum Gasteiger partial charge on any atom is 0.267 e. The van der Waals surface area contributed by atoms with Crippen molar-refractivity contribution < 1.29 is 14.3 Å². The molecule has 0 aromatic heterocycles. The number of carbonyl (C=O) groups is 1. The summed E-state index contributed by atoms with van der Waals surface area (Å²) in [6.07, 6.45) is 3.69. The fourth-order valence-electron chi connectivity index (χ4n) is 2.49. The largest absolute Gasteiger partial charge is 0.447 e. The number of aldehydes is 1. The quantitative estimate of drug-likeness (QED) is 0.671. The summed E-state index contributed by atoms with van der Waals surface area (Å²) >= 11 is 0. The van der Waals surface area contributed by atoms with Crippen LogP contribution in [0.25, 0.3) is 0 Å². The van der Waals surface area contributed by atoms with Crippen molar-refractivity contribution in [1.29, 1.82) is 0 Å². The summed E-state index contributed by atoms with van der Waals surface area (Å²) in [5, 5.41) is 0. The number of unbranched alkanes of at least 4 members (excludes halogenated alkanes) is 1. The number of hydrogen-bond acceptors (Lipinski definition) is 4. The molecule has 0 spiro atoms. The van der Waals surface area contributed by atoms with E-state index in [2.05, 4.69) is 19.1 Å². The molecule has 0 saturated heterocycles. The Morgan fingerprint density at radius 3 is 2.45 bits per heavy atom. The predicted octanol–water partition coefficient (Wildman–Crippen LogP) is 3.89. The molecule has 0 amide bonds. The molecule has 0 bridgehead atoms. The Bertz CT molecular complexity index is 679. The Balaban J connectivity index is 1.76. The second-order valence-electron chi connectivity index (χ2n) is 5.46. The van der Waals surface area contributed by atoms with E-state index < -0.39 is 6.29 Å². The number of carbonyl (C=O) groups excluding carboxylic acids is 1. The Morgan fingerprint density at radius 1 is 1.14 bits per heavy atom. The van der Waals surface area contributed by atoms with E-state index >= 15 is 0 Å². The molecule has 22 heavy (non-hydrogen) atoms. The average molecular weight is 297 g/mol. The van der Waals surface area contributed by atoms with E-state index in [0.29, 0.717) is 22.7 Å². The maximum absolute atomic E-state index is 10.9. The number of aryl methyl sites for hydroxylation is 1. The van der Waals surface area contributed by atoms with Crippen molar-refractivity contribution in [2.45, 2.75) is 32.5 Å². The molecule has 0 saturated carbocycles. The summed E-state index contributed by atoms with van der Waals surface area (Å²) in [5.74, 6) is 1.12. The Morgan fingerprint density at radius 2 is 1.82 bits per heavy atom. The molecule has 0 aliphatic carbocycles. The SMILES string of the molecule is CCCCc1ccc(C2Oc3cc(N)c(C=O)cc3O2)cc1. The lowest BCUT2D eigenvalue weighted by atomic mass is 10.1. The van der Waals surface area contributed by atoms with Crippen molar-refractivity contribution >= 4 is 12.0 Å². The number of nitrogen functional groups attached to an aromatic ring is 1. The van der Waals surface area contributed by atoms with Gasteiger partial charge in [0.1, 0.15) is 0 Å². The van der Waals surface area contributed by atoms with Crippen LogP contribution < -0.4 is 15.2 Å². The van der Waals surface area contributed by atoms with Gasteiger partial charge in [-0.2, -0.15) is 0 Å². The van der Waals surface area contributed by atoms with Crippen molar-refractivity contribution in [1.82, 2.24) is 0 Å². The van der Waals surface area contributed by atoms with E-state index in [-0.39, 0.29) is 0 Å². The van der Waals surface area contributed by atoms with Crippen molar-refractivity contribution in [2.75, 3.05) is 5.73 Å². The predicted molar refractivity (Wildman–Crippen MR) is 85.3 cm³/mol. The van der Waals surface area contributed by atoms with Crippen molar-refractivity contribution in [3.8, 4) is 11.5 Å². The molecule has 0 radical (unpaired) electrons. The van der Waals surface area contributed by atoms with Crippen LogP contribution in [-0.4, -0.2) is 6.29 Å². The van der Waals surface area contributed by atoms with Crippen LogP contribution in [0.1, 0.15) is 47.5 Å². The van der Waals surface area contributed by atoms with E-state index in [1.54, 1.807) is 12.1 Å². The lowest BCUT2D eigenvalue weighted by molar-refractivity contribution is 0.0487. The standard InChI is InChI=1S/C18H19NO3/c1-2-3-4-12-5-7-13(8-6-12)18-21-16-9-14(11-20)15(19)10-17(16)22-18/h5-11,18H,2-4,19H2,1H3. The summed E-state index contributed by atoms with van der Waals surface area (Å²) in [6.45, 7) is 2.19. The zero-order valence-electron chi connectivity index (χ0n) is 12.5. The molecule has 1 unspecified atom stereocenters. The van der Waals surface area contributed by atoms with Gasteiger partial charge >= 0.3 is 0 Å². The molecule has 1 atom stereocenters. The highest BCUT2D eigenvalue weighted by molar-refractivity contribution is 5.85. The molecule has 2 aromatic carbocycles. The highest BCUT2D eigenvalue weighted by Gasteiger charge is 2.26. The number of fused-ring (bicyclic) bond motifs is 1. The number of benzene rings is 2. The monoisotopic (exact) mass is 297 g/mol. The third kappa shape index (κ3) is 2.77. The molecule has 1 aliphatic heterocycles. The summed E-state index contributed by atoms with van der Waals surface area (Å²) in [6, 6.07) is 11.5. The first-order chi connectivity index (χ1) is 10.7. The van der Waals surface area contributed by atoms with Crippen LogP contribution in [0.4, 0.5) is 5.69 Å². The smallest absolute Gasteiger partial charge is 0.267 e. The van der Waals surface area contributed by atoms with Crippen LogP contribution >= 0.6 is 0 Å². The molecule has 2 aromatic rings. The van der Waals surface area contributed by atoms with Gasteiger partial charge in [0, 0.05) is 22.9 Å². The zero-order chi connectivity index (χ0) is 15.5. The van der Waals surface area contributed by atoms with Crippen LogP contribution in [-0.2, 0) is 6.42 Å². The lowest BCUT2D eigenvalue weighted by Gasteiger charge is -2.11. The summed E-state index contributed by atoms with van der Waals surface area (Å²) in [4.78, 5) is 10.9. The summed E-state index contributed by atoms with van der Waals surface area (Å²) < 4.78 is 11.6. The maximum atomic E-state index is 10.9. The number of anilines is 1. The number of ether oxygens (including phenoxy) is 2. The van der Waals surface area contributed by atoms with Crippen LogP contribution in [0, 0.1) is 0 Å². The molecule has 2 N–H and O–H groups in total. The van der Waals surface area contributed by atoms with Gasteiger partial charge in [-0.1, -0.05) is 37.6 Å². The fraction of sp³-hybridized carbons (Fsp3) is 0.278. The highest BCUT2D eigenvalue weighted by Crippen LogP contribution is 2.42. The van der Waals surface area contributed by atoms with Crippen LogP contribution in [0.5, 0.6) is 11.5 Å². The number of rotatable bonds is 5. The minimum Gasteiger partial charge on any atom is -0.447 e. The third-order valence-electron chi connectivity index (χ3n) is 3.82. The average Bonchev–Trinajstić information content (AvgIpc) is 2.95. The normalized spacial score (nSPS) is 15.8. The molecule has 4 heteroatoms. The summed E-state index contributed by atoms with van der Waals surface area (Å²) in [7, 11) is 0. The van der Waals surface area contributed by atoms with E-state index in [1.807, 2.05) is 12.1 Å². The van der Waals surface area contributed by atoms with Gasteiger partial charge in [-0.05, 0) is 24.5 Å². The number of nitrogens with two attached hydrogens (primary N) is 1. The number of hydrogen-bond donors (Lipinski definition) is 1. The Kier molecular flexibility index (Phi) is 4.00. The minimum atomic E-state index is -0.489. The van der Waals surface area contributed by atoms with Gasteiger partial charge in [0.25, 0.3) is 6.29 Å². The molecular weight excluding hydrogens is 278 g/mol. The fourth-order valence-corrected chi connectivity index (χ4v) is 2.49. The molecule has 114 valence electrons. The lowest BCUT2D eigenvalue weighted by Crippen LogP contribution is -2.07. The molecule has 1 aliphatic rings. The van der Waals surface area contributed by atoms with Gasteiger partial charge in [-0.15, -0.1) is 0 Å². The second-order valence-corrected chi connectivity index (χ2v) is 5.46. The van der Waals surface area contributed by atoms with Gasteiger partial charge in [-0.3, -0.25) is 4.79 Å². The van der Waals surface area contributed by atoms with Gasteiger partial charge in [0.15, 0.2) is 17.8 Å². The Labute approximate surface area is 129 Å². The van der Waals surface area contributed by atoms with E-state index in [0.717, 1.165) is 18.3 Å². The van der Waals surface area contributed by atoms with E-state index in [9.17, 15) is 4.79 Å². The van der Waals surface area contributed by atoms with Crippen molar-refractivity contribution in [3.05, 3.63) is 53.1 Å². The molecular formula is C18H19NO3. The Hall–Kier alpha value is -2.49. The van der Waals surface area contributed by atoms with Crippen LogP contribution in [0.3, 0.4) is 0 Å². The molecule has 0 fully saturated rings. The first-order valence-corrected chi connectivity index (χ1v) is 7.52. The zero-order valence-corrected chi connectivity index (χ0v) is 12.5. The first-order valence-electron chi connectivity index (χ1n) is 7.52. The second kappa shape index (κ2) is 6.10. The van der Waals surface area contributed by atoms with Crippen molar-refractivity contribution in [2.24, 2.45) is 0 Å². The van der Waals surface area contributed by atoms with E-state index in [1.165, 1.54) is 18.4 Å². The van der Waals surface area contributed by atoms with Crippen LogP contribution in [0.2, 0.25) is 0 Å². The van der Waals surface area contributed by atoms with Crippen LogP contribution in [0.15, 0.2) is 36.4 Å². The topological polar surface area (TPSA) is 61.5 Å². The molecule has 4 nitrogen and oxygen atoms in total. The first kappa shape index (κ1) is 14.4. The van der Waals surface area contributed by atoms with Gasteiger partial charge < -0.3 is 15.2 Å². The van der Waals surface area contributed by atoms with Crippen molar-refractivity contribution in [3.63, 3.8) is 0 Å². The molecule has 3 rings (SSSR count).